The van der Waals surface area contributed by atoms with E-state index in [-0.39, 0.29) is 76.3 Å². The van der Waals surface area contributed by atoms with Crippen molar-refractivity contribution in [2.24, 2.45) is 22.9 Å². The van der Waals surface area contributed by atoms with Gasteiger partial charge in [0.25, 0.3) is 5.91 Å². The molecule has 7 atom stereocenters. The molecule has 60 heavy (non-hydrogen) atoms. The lowest BCUT2D eigenvalue weighted by Crippen LogP contribution is -2.70. The molecule has 0 bridgehead atoms. The molecule has 7 unspecified atom stereocenters. The number of oxime groups is 1. The number of carbonyl (C=O) groups is 1. The van der Waals surface area contributed by atoms with Crippen LogP contribution in [0.3, 0.4) is 0 Å². The fourth-order valence-corrected chi connectivity index (χ4v) is 9.39. The molecule has 1 saturated heterocycles. The van der Waals surface area contributed by atoms with Gasteiger partial charge in [-0.3, -0.25) is 4.79 Å². The van der Waals surface area contributed by atoms with Gasteiger partial charge >= 0.3 is 0 Å². The molecule has 4 aliphatic rings. The summed E-state index contributed by atoms with van der Waals surface area (Å²) in [4.78, 5) is 23.0. The molecular weight excluding hydrogens is 767 g/mol. The van der Waals surface area contributed by atoms with Crippen molar-refractivity contribution in [1.29, 1.82) is 5.26 Å². The number of unbranched alkanes of at least 4 members (excludes halogenated alkanes) is 2. The van der Waals surface area contributed by atoms with Crippen LogP contribution in [0, 0.1) is 29.1 Å². The molecule has 0 radical (unpaired) electrons. The molecule has 2 aromatic rings. The molecule has 2 aromatic carbocycles. The summed E-state index contributed by atoms with van der Waals surface area (Å²) >= 11 is 0. The standard InChI is InChI=1S/C47H61N3O10/c1-3-24-56-36-18-19-41-39(30-36)44-37(12-6-9-22-52)35(11-5-8-21-51)29-38-40(49-60-43-13-7-10-26-57-43)31-42(47(59-41,45(38)44)58-25-4-2)50(20-27-55-28-23-53)46(54)34-16-14-33(32-48)15-17-34/h3-4,14-19,29-30,35,37,42-45,51-53H,1-2,5-13,20-28,31H2. The van der Waals surface area contributed by atoms with E-state index in [0.29, 0.717) is 60.8 Å². The van der Waals surface area contributed by atoms with E-state index in [9.17, 15) is 20.6 Å². The van der Waals surface area contributed by atoms with E-state index >= 15 is 4.79 Å². The summed E-state index contributed by atoms with van der Waals surface area (Å²) in [5, 5.41) is 43.9. The highest BCUT2D eigenvalue weighted by Crippen LogP contribution is 2.62. The highest BCUT2D eigenvalue weighted by molar-refractivity contribution is 6.03. The summed E-state index contributed by atoms with van der Waals surface area (Å²) in [6.45, 7) is 9.19. The maximum absolute atomic E-state index is 15.0. The van der Waals surface area contributed by atoms with Crippen molar-refractivity contribution in [3.8, 4) is 17.6 Å². The number of benzene rings is 2. The summed E-state index contributed by atoms with van der Waals surface area (Å²) in [5.41, 5.74) is 3.30. The van der Waals surface area contributed by atoms with Crippen LogP contribution in [0.15, 0.2) is 84.6 Å². The van der Waals surface area contributed by atoms with Crippen LogP contribution in [0.4, 0.5) is 0 Å². The number of nitriles is 1. The number of fused-ring (bicyclic) bond motifs is 2. The van der Waals surface area contributed by atoms with Crippen molar-refractivity contribution >= 4 is 11.6 Å². The van der Waals surface area contributed by atoms with Crippen molar-refractivity contribution < 1.29 is 48.6 Å². The molecule has 0 aromatic heterocycles. The zero-order chi connectivity index (χ0) is 42.3. The van der Waals surface area contributed by atoms with Crippen LogP contribution < -0.4 is 9.47 Å². The lowest BCUT2D eigenvalue weighted by atomic mass is 9.55. The first-order valence-electron chi connectivity index (χ1n) is 21.5. The number of ether oxygens (including phenoxy) is 5. The number of nitrogens with zero attached hydrogens (tertiary/aromatic N) is 3. The summed E-state index contributed by atoms with van der Waals surface area (Å²) < 4.78 is 32.3. The van der Waals surface area contributed by atoms with Gasteiger partial charge in [-0.2, -0.15) is 5.26 Å². The SMILES string of the molecule is C=CCOc1ccc2c(c1)C1C(CCCCO)C(CCCCO)C=C3C(=NOC4CCCCO4)CC(N(CCOCCO)C(=O)c4ccc(C#N)cc4)C(OCC=C)(O2)C31. The predicted molar refractivity (Wildman–Crippen MR) is 225 cm³/mol. The number of carbonyl (C=O) groups excluding carboxylic acids is 1. The van der Waals surface area contributed by atoms with Crippen molar-refractivity contribution in [3.63, 3.8) is 0 Å². The first kappa shape index (κ1) is 45.0. The molecule has 6 rings (SSSR count). The summed E-state index contributed by atoms with van der Waals surface area (Å²) in [6, 6.07) is 13.7. The molecule has 1 amide bonds. The predicted octanol–water partition coefficient (Wildman–Crippen LogP) is 6.43. The Kier molecular flexibility index (Phi) is 16.7. The van der Waals surface area contributed by atoms with Crippen LogP contribution in [0.1, 0.15) is 91.6 Å². The molecule has 2 aliphatic carbocycles. The van der Waals surface area contributed by atoms with Crippen LogP contribution in [0.5, 0.6) is 11.5 Å². The van der Waals surface area contributed by atoms with E-state index in [1.54, 1.807) is 41.3 Å². The second-order valence-electron chi connectivity index (χ2n) is 15.8. The second-order valence-corrected chi connectivity index (χ2v) is 15.8. The fourth-order valence-electron chi connectivity index (χ4n) is 9.39. The molecule has 1 saturated carbocycles. The molecule has 2 fully saturated rings. The summed E-state index contributed by atoms with van der Waals surface area (Å²) in [5.74, 6) is -1.19. The lowest BCUT2D eigenvalue weighted by molar-refractivity contribution is -0.255. The van der Waals surface area contributed by atoms with Gasteiger partial charge in [-0.15, -0.1) is 6.58 Å². The average molecular weight is 828 g/mol. The van der Waals surface area contributed by atoms with Crippen LogP contribution in [-0.2, 0) is 19.0 Å². The van der Waals surface area contributed by atoms with Crippen LogP contribution >= 0.6 is 0 Å². The average Bonchev–Trinajstić information content (AvgIpc) is 3.28. The van der Waals surface area contributed by atoms with Gasteiger partial charge in [-0.25, -0.2) is 0 Å². The Bertz CT molecular complexity index is 1840. The van der Waals surface area contributed by atoms with Crippen molar-refractivity contribution in [3.05, 3.63) is 96.1 Å². The van der Waals surface area contributed by atoms with Crippen LogP contribution in [0.2, 0.25) is 0 Å². The number of aliphatic hydroxyl groups excluding tert-OH is 3. The quantitative estimate of drug-likeness (QED) is 0.0640. The molecule has 2 aliphatic heterocycles. The van der Waals surface area contributed by atoms with Crippen LogP contribution in [0.25, 0.3) is 0 Å². The Balaban J connectivity index is 1.59. The van der Waals surface area contributed by atoms with Gasteiger partial charge < -0.3 is 48.7 Å². The van der Waals surface area contributed by atoms with Crippen molar-refractivity contribution in [2.45, 2.75) is 88.2 Å². The minimum Gasteiger partial charge on any atom is -0.490 e. The third-order valence-corrected chi connectivity index (χ3v) is 12.0. The van der Waals surface area contributed by atoms with E-state index < -0.39 is 24.0 Å². The van der Waals surface area contributed by atoms with Gasteiger partial charge in [-0.1, -0.05) is 42.8 Å². The van der Waals surface area contributed by atoms with Crippen LogP contribution in [-0.4, -0.2) is 109 Å². The molecule has 13 nitrogen and oxygen atoms in total. The minimum atomic E-state index is -1.48. The van der Waals surface area contributed by atoms with Gasteiger partial charge in [0.15, 0.2) is 0 Å². The molecule has 324 valence electrons. The first-order chi connectivity index (χ1) is 29.4. The number of aliphatic hydroxyl groups is 3. The normalized spacial score (nSPS) is 26.1. The summed E-state index contributed by atoms with van der Waals surface area (Å²) in [7, 11) is 0. The van der Waals surface area contributed by atoms with E-state index in [2.05, 4.69) is 25.3 Å². The number of hydrogen-bond donors (Lipinski definition) is 3. The van der Waals surface area contributed by atoms with Gasteiger partial charge in [-0.05, 0) is 98.4 Å². The van der Waals surface area contributed by atoms with Gasteiger partial charge in [0.1, 0.15) is 24.1 Å². The number of rotatable bonds is 23. The van der Waals surface area contributed by atoms with Gasteiger partial charge in [0.05, 0.1) is 56.3 Å². The Labute approximate surface area is 353 Å². The lowest BCUT2D eigenvalue weighted by Gasteiger charge is -2.60. The third kappa shape index (κ3) is 10.3. The van der Waals surface area contributed by atoms with E-state index in [1.165, 1.54) is 0 Å². The van der Waals surface area contributed by atoms with Gasteiger partial charge in [0, 0.05) is 49.6 Å². The topological polar surface area (TPSA) is 173 Å². The molecule has 0 spiro atoms. The van der Waals surface area contributed by atoms with Crippen molar-refractivity contribution in [2.75, 3.05) is 59.4 Å². The largest absolute Gasteiger partial charge is 0.490 e. The molecule has 13 heteroatoms. The first-order valence-corrected chi connectivity index (χ1v) is 21.5. The Morgan fingerprint density at radius 2 is 1.77 bits per heavy atom. The number of amides is 1. The van der Waals surface area contributed by atoms with E-state index in [0.717, 1.165) is 49.7 Å². The van der Waals surface area contributed by atoms with Crippen molar-refractivity contribution in [1.82, 2.24) is 4.90 Å². The zero-order valence-electron chi connectivity index (χ0n) is 34.6. The highest BCUT2D eigenvalue weighted by atomic mass is 16.8. The molecule has 3 N–H and O–H groups in total. The monoisotopic (exact) mass is 827 g/mol. The zero-order valence-corrected chi connectivity index (χ0v) is 34.6. The number of hydrogen-bond acceptors (Lipinski definition) is 12. The Morgan fingerprint density at radius 3 is 2.47 bits per heavy atom. The Hall–Kier alpha value is -4.55. The Morgan fingerprint density at radius 1 is 0.983 bits per heavy atom. The highest BCUT2D eigenvalue weighted by Gasteiger charge is 2.65. The van der Waals surface area contributed by atoms with E-state index in [1.807, 2.05) is 18.2 Å². The van der Waals surface area contributed by atoms with E-state index in [4.69, 9.17) is 33.7 Å². The molecule has 2 heterocycles. The summed E-state index contributed by atoms with van der Waals surface area (Å²) in [6.07, 6.45) is 12.5. The number of allylic oxidation sites excluding steroid dienone is 1. The smallest absolute Gasteiger partial charge is 0.254 e. The minimum absolute atomic E-state index is 0.0335. The maximum atomic E-state index is 15.0. The second kappa shape index (κ2) is 22.3. The maximum Gasteiger partial charge on any atom is 0.254 e. The van der Waals surface area contributed by atoms with Gasteiger partial charge in [0.2, 0.25) is 12.1 Å². The molecular formula is C47H61N3O10. The fraction of sp³-hybridized carbons (Fsp3) is 0.553. The third-order valence-electron chi connectivity index (χ3n) is 12.0.